The molecule has 1 atom stereocenters. The number of anilines is 2. The number of aryl methyl sites for hydroxylation is 1. The lowest BCUT2D eigenvalue weighted by molar-refractivity contribution is -0.0498. The highest BCUT2D eigenvalue weighted by atomic mass is 19.3. The van der Waals surface area contributed by atoms with Crippen molar-refractivity contribution >= 4 is 17.3 Å². The maximum atomic E-state index is 12.3. The molecule has 1 aromatic carbocycles. The third-order valence-electron chi connectivity index (χ3n) is 5.10. The molecule has 2 aromatic heterocycles. The average Bonchev–Trinajstić information content (AvgIpc) is 3.14. The van der Waals surface area contributed by atoms with Gasteiger partial charge in [-0.05, 0) is 51.0 Å². The Morgan fingerprint density at radius 3 is 2.75 bits per heavy atom. The van der Waals surface area contributed by atoms with Crippen LogP contribution in [-0.4, -0.2) is 45.3 Å². The van der Waals surface area contributed by atoms with Crippen molar-refractivity contribution in [3.63, 3.8) is 0 Å². The minimum absolute atomic E-state index is 0.168. The number of hydrogen-bond donors (Lipinski definition) is 1. The lowest BCUT2D eigenvalue weighted by Crippen LogP contribution is -2.42. The first-order valence-electron chi connectivity index (χ1n) is 9.24. The standard InChI is InChI=1S/C19H22F2N6O/c1-12-13(2)24-19-22-11-23-27(19)17(12)25-14-4-3-9-26(10-14)15-5-7-16(8-6-15)28-18(20)21/h5-8,11,14,18,25H,3-4,9-10H2,1-2H3. The highest BCUT2D eigenvalue weighted by Crippen LogP contribution is 2.26. The van der Waals surface area contributed by atoms with Crippen molar-refractivity contribution < 1.29 is 13.5 Å². The molecular weight excluding hydrogens is 366 g/mol. The van der Waals surface area contributed by atoms with Crippen molar-refractivity contribution in [2.45, 2.75) is 39.3 Å². The average molecular weight is 388 g/mol. The molecule has 1 fully saturated rings. The number of hydrogen-bond acceptors (Lipinski definition) is 6. The SMILES string of the molecule is Cc1nc2ncnn2c(NC2CCCN(c3ccc(OC(F)F)cc3)C2)c1C. The van der Waals surface area contributed by atoms with Crippen molar-refractivity contribution in [1.82, 2.24) is 19.6 Å². The quantitative estimate of drug-likeness (QED) is 0.722. The van der Waals surface area contributed by atoms with Crippen LogP contribution in [0, 0.1) is 13.8 Å². The molecule has 1 aliphatic heterocycles. The number of benzene rings is 1. The van der Waals surface area contributed by atoms with Gasteiger partial charge in [-0.1, -0.05) is 0 Å². The first kappa shape index (κ1) is 18.4. The van der Waals surface area contributed by atoms with Gasteiger partial charge in [0.15, 0.2) is 0 Å². The van der Waals surface area contributed by atoms with E-state index in [0.717, 1.165) is 48.7 Å². The number of rotatable bonds is 5. The number of aromatic nitrogens is 4. The highest BCUT2D eigenvalue weighted by Gasteiger charge is 2.22. The molecule has 0 amide bonds. The molecule has 148 valence electrons. The number of alkyl halides is 2. The normalized spacial score (nSPS) is 17.3. The summed E-state index contributed by atoms with van der Waals surface area (Å²) >= 11 is 0. The van der Waals surface area contributed by atoms with Crippen molar-refractivity contribution in [1.29, 1.82) is 0 Å². The number of nitrogens with zero attached hydrogens (tertiary/aromatic N) is 5. The predicted molar refractivity (Wildman–Crippen MR) is 102 cm³/mol. The number of ether oxygens (including phenoxy) is 1. The van der Waals surface area contributed by atoms with E-state index >= 15 is 0 Å². The second-order valence-electron chi connectivity index (χ2n) is 6.94. The molecule has 1 saturated heterocycles. The van der Waals surface area contributed by atoms with Crippen LogP contribution in [0.2, 0.25) is 0 Å². The minimum atomic E-state index is -2.81. The van der Waals surface area contributed by atoms with Crippen LogP contribution in [0.5, 0.6) is 5.75 Å². The predicted octanol–water partition coefficient (Wildman–Crippen LogP) is 3.42. The van der Waals surface area contributed by atoms with E-state index in [1.807, 2.05) is 26.0 Å². The maximum Gasteiger partial charge on any atom is 0.387 e. The van der Waals surface area contributed by atoms with Gasteiger partial charge in [0.2, 0.25) is 0 Å². The monoisotopic (exact) mass is 388 g/mol. The Balaban J connectivity index is 1.50. The molecule has 4 rings (SSSR count). The molecule has 9 heteroatoms. The molecule has 0 bridgehead atoms. The highest BCUT2D eigenvalue weighted by molar-refractivity contribution is 5.54. The first-order chi connectivity index (χ1) is 13.5. The Hall–Kier alpha value is -2.97. The van der Waals surface area contributed by atoms with Gasteiger partial charge in [0, 0.05) is 36.1 Å². The fraction of sp³-hybridized carbons (Fsp3) is 0.421. The molecule has 3 aromatic rings. The van der Waals surface area contributed by atoms with Gasteiger partial charge < -0.3 is 15.0 Å². The second kappa shape index (κ2) is 7.57. The second-order valence-corrected chi connectivity index (χ2v) is 6.94. The molecule has 1 unspecified atom stereocenters. The summed E-state index contributed by atoms with van der Waals surface area (Å²) in [4.78, 5) is 10.9. The molecule has 1 N–H and O–H groups in total. The summed E-state index contributed by atoms with van der Waals surface area (Å²) in [5.74, 6) is 1.65. The molecule has 1 aliphatic rings. The zero-order chi connectivity index (χ0) is 19.7. The Bertz CT molecular complexity index is 959. The van der Waals surface area contributed by atoms with Gasteiger partial charge in [-0.2, -0.15) is 23.4 Å². The lowest BCUT2D eigenvalue weighted by Gasteiger charge is -2.35. The third-order valence-corrected chi connectivity index (χ3v) is 5.10. The molecular formula is C19H22F2N6O. The van der Waals surface area contributed by atoms with Crippen LogP contribution in [0.15, 0.2) is 30.6 Å². The zero-order valence-corrected chi connectivity index (χ0v) is 15.8. The number of nitrogens with one attached hydrogen (secondary N) is 1. The van der Waals surface area contributed by atoms with Crippen molar-refractivity contribution in [2.75, 3.05) is 23.3 Å². The lowest BCUT2D eigenvalue weighted by atomic mass is 10.0. The Morgan fingerprint density at radius 2 is 2.00 bits per heavy atom. The van der Waals surface area contributed by atoms with E-state index in [2.05, 4.69) is 30.0 Å². The van der Waals surface area contributed by atoms with Gasteiger partial charge in [0.1, 0.15) is 17.9 Å². The number of fused-ring (bicyclic) bond motifs is 1. The first-order valence-corrected chi connectivity index (χ1v) is 9.24. The van der Waals surface area contributed by atoms with Crippen LogP contribution in [-0.2, 0) is 0 Å². The molecule has 7 nitrogen and oxygen atoms in total. The van der Waals surface area contributed by atoms with Crippen LogP contribution in [0.3, 0.4) is 0 Å². The van der Waals surface area contributed by atoms with Gasteiger partial charge in [-0.25, -0.2) is 4.98 Å². The van der Waals surface area contributed by atoms with Crippen molar-refractivity contribution in [3.05, 3.63) is 41.9 Å². The fourth-order valence-electron chi connectivity index (χ4n) is 3.56. The van der Waals surface area contributed by atoms with E-state index in [4.69, 9.17) is 0 Å². The summed E-state index contributed by atoms with van der Waals surface area (Å²) in [5.41, 5.74) is 2.95. The van der Waals surface area contributed by atoms with Crippen LogP contribution >= 0.6 is 0 Å². The molecule has 0 radical (unpaired) electrons. The Kier molecular flexibility index (Phi) is 4.97. The van der Waals surface area contributed by atoms with Gasteiger partial charge in [-0.15, -0.1) is 0 Å². The minimum Gasteiger partial charge on any atom is -0.435 e. The Morgan fingerprint density at radius 1 is 1.21 bits per heavy atom. The molecule has 0 spiro atoms. The van der Waals surface area contributed by atoms with E-state index in [0.29, 0.717) is 5.78 Å². The van der Waals surface area contributed by atoms with E-state index in [1.165, 1.54) is 6.33 Å². The van der Waals surface area contributed by atoms with E-state index < -0.39 is 6.61 Å². The summed E-state index contributed by atoms with van der Waals surface area (Å²) in [6, 6.07) is 7.01. The van der Waals surface area contributed by atoms with E-state index in [-0.39, 0.29) is 11.8 Å². The number of halogens is 2. The molecule has 3 heterocycles. The van der Waals surface area contributed by atoms with Crippen LogP contribution in [0.4, 0.5) is 20.3 Å². The van der Waals surface area contributed by atoms with Crippen molar-refractivity contribution in [3.8, 4) is 5.75 Å². The van der Waals surface area contributed by atoms with Crippen molar-refractivity contribution in [2.24, 2.45) is 0 Å². The van der Waals surface area contributed by atoms with Gasteiger partial charge in [0.25, 0.3) is 5.78 Å². The van der Waals surface area contributed by atoms with Gasteiger partial charge in [-0.3, -0.25) is 0 Å². The van der Waals surface area contributed by atoms with Crippen LogP contribution in [0.1, 0.15) is 24.1 Å². The maximum absolute atomic E-state index is 12.3. The fourth-order valence-corrected chi connectivity index (χ4v) is 3.56. The zero-order valence-electron chi connectivity index (χ0n) is 15.8. The summed E-state index contributed by atoms with van der Waals surface area (Å²) in [7, 11) is 0. The molecule has 0 aliphatic carbocycles. The smallest absolute Gasteiger partial charge is 0.387 e. The third kappa shape index (κ3) is 3.69. The summed E-state index contributed by atoms with van der Waals surface area (Å²) in [5, 5.41) is 7.90. The largest absolute Gasteiger partial charge is 0.435 e. The Labute approximate surface area is 161 Å². The van der Waals surface area contributed by atoms with Gasteiger partial charge in [0.05, 0.1) is 0 Å². The van der Waals surface area contributed by atoms with Crippen LogP contribution < -0.4 is 15.0 Å². The summed E-state index contributed by atoms with van der Waals surface area (Å²) in [6.45, 7) is 2.89. The molecule has 28 heavy (non-hydrogen) atoms. The summed E-state index contributed by atoms with van der Waals surface area (Å²) in [6.07, 6.45) is 3.55. The van der Waals surface area contributed by atoms with Gasteiger partial charge >= 0.3 is 6.61 Å². The van der Waals surface area contributed by atoms with E-state index in [1.54, 1.807) is 16.6 Å². The topological polar surface area (TPSA) is 67.6 Å². The van der Waals surface area contributed by atoms with Crippen LogP contribution in [0.25, 0.3) is 5.78 Å². The summed E-state index contributed by atoms with van der Waals surface area (Å²) < 4.78 is 30.8. The molecule has 0 saturated carbocycles. The van der Waals surface area contributed by atoms with E-state index in [9.17, 15) is 8.78 Å². The number of piperidine rings is 1.